The summed E-state index contributed by atoms with van der Waals surface area (Å²) in [4.78, 5) is 8.23. The number of halogens is 3. The van der Waals surface area contributed by atoms with Crippen LogP contribution in [0, 0.1) is 6.92 Å². The molecule has 3 rings (SSSR count). The summed E-state index contributed by atoms with van der Waals surface area (Å²) in [6, 6.07) is 5.86. The Morgan fingerprint density at radius 3 is 2.90 bits per heavy atom. The van der Waals surface area contributed by atoms with Gasteiger partial charge in [-0.3, -0.25) is 0 Å². The topological polar surface area (TPSA) is 55.1 Å². The van der Waals surface area contributed by atoms with E-state index in [1.54, 1.807) is 4.52 Å². The molecule has 1 aromatic carbocycles. The number of hydrogen-bond donors (Lipinski definition) is 1. The van der Waals surface area contributed by atoms with Gasteiger partial charge in [0.25, 0.3) is 5.78 Å². The lowest BCUT2D eigenvalue weighted by Crippen LogP contribution is -2.05. The van der Waals surface area contributed by atoms with Crippen molar-refractivity contribution in [3.8, 4) is 0 Å². The first-order chi connectivity index (χ1) is 9.56. The summed E-state index contributed by atoms with van der Waals surface area (Å²) in [6.07, 6.45) is 1.44. The molecule has 3 aromatic rings. The Hall–Kier alpha value is -1.18. The maximum Gasteiger partial charge on any atom is 0.255 e. The van der Waals surface area contributed by atoms with E-state index in [1.165, 1.54) is 6.33 Å². The molecular weight excluding hydrogens is 409 g/mol. The Balaban J connectivity index is 2.17. The average molecular weight is 417 g/mol. The van der Waals surface area contributed by atoms with Crippen LogP contribution in [0.1, 0.15) is 5.56 Å². The van der Waals surface area contributed by atoms with Crippen LogP contribution in [0.5, 0.6) is 0 Å². The Labute approximate surface area is 136 Å². The third-order valence-electron chi connectivity index (χ3n) is 2.79. The van der Waals surface area contributed by atoms with Gasteiger partial charge < -0.3 is 5.32 Å². The fourth-order valence-corrected chi connectivity index (χ4v) is 2.64. The average Bonchev–Trinajstić information content (AvgIpc) is 2.86. The smallest absolute Gasteiger partial charge is 0.255 e. The Morgan fingerprint density at radius 2 is 2.10 bits per heavy atom. The molecule has 0 fully saturated rings. The molecule has 102 valence electrons. The van der Waals surface area contributed by atoms with Crippen LogP contribution in [-0.2, 0) is 0 Å². The molecule has 0 bridgehead atoms. The van der Waals surface area contributed by atoms with Gasteiger partial charge in [-0.25, -0.2) is 0 Å². The summed E-state index contributed by atoms with van der Waals surface area (Å²) in [5, 5.41) is 7.88. The number of fused-ring (bicyclic) bond motifs is 1. The van der Waals surface area contributed by atoms with E-state index in [1.807, 2.05) is 25.1 Å². The van der Waals surface area contributed by atoms with E-state index in [9.17, 15) is 0 Å². The van der Waals surface area contributed by atoms with Gasteiger partial charge in [0.05, 0.1) is 5.69 Å². The predicted molar refractivity (Wildman–Crippen MR) is 85.7 cm³/mol. The molecule has 0 amide bonds. The molecule has 0 radical (unpaired) electrons. The van der Waals surface area contributed by atoms with Gasteiger partial charge >= 0.3 is 0 Å². The second-order valence-electron chi connectivity index (χ2n) is 4.10. The first-order valence-corrected chi connectivity index (χ1v) is 7.60. The van der Waals surface area contributed by atoms with Crippen LogP contribution in [0.15, 0.2) is 33.5 Å². The molecule has 0 spiro atoms. The van der Waals surface area contributed by atoms with Crippen LogP contribution in [0.2, 0.25) is 5.15 Å². The highest BCUT2D eigenvalue weighted by Crippen LogP contribution is 2.31. The van der Waals surface area contributed by atoms with Gasteiger partial charge in [-0.2, -0.15) is 19.6 Å². The summed E-state index contributed by atoms with van der Waals surface area (Å²) in [5.74, 6) is 1.19. The van der Waals surface area contributed by atoms with E-state index in [2.05, 4.69) is 52.2 Å². The highest BCUT2D eigenvalue weighted by atomic mass is 79.9. The standard InChI is InChI=1S/C12H8Br2ClN5/c1-6-10(15)19-12-16-5-17-20(12)11(6)18-9-4-7(13)2-3-8(9)14/h2-5,18H,1H3. The number of benzene rings is 1. The number of aromatic nitrogens is 4. The third kappa shape index (κ3) is 2.41. The second-order valence-corrected chi connectivity index (χ2v) is 6.23. The van der Waals surface area contributed by atoms with Crippen molar-refractivity contribution in [2.45, 2.75) is 6.92 Å². The van der Waals surface area contributed by atoms with Crippen molar-refractivity contribution < 1.29 is 0 Å². The molecule has 0 saturated heterocycles. The SMILES string of the molecule is Cc1c(Cl)nc2ncnn2c1Nc1cc(Br)ccc1Br. The van der Waals surface area contributed by atoms with E-state index in [0.29, 0.717) is 10.9 Å². The van der Waals surface area contributed by atoms with Crippen LogP contribution in [-0.4, -0.2) is 19.6 Å². The molecule has 20 heavy (non-hydrogen) atoms. The minimum atomic E-state index is 0.402. The molecular formula is C12H8Br2ClN5. The van der Waals surface area contributed by atoms with Gasteiger partial charge in [0.2, 0.25) is 0 Å². The molecule has 5 nitrogen and oxygen atoms in total. The lowest BCUT2D eigenvalue weighted by Gasteiger charge is -2.13. The Bertz CT molecular complexity index is 802. The number of nitrogens with one attached hydrogen (secondary N) is 1. The number of hydrogen-bond acceptors (Lipinski definition) is 4. The molecule has 0 aliphatic heterocycles. The maximum atomic E-state index is 6.13. The van der Waals surface area contributed by atoms with Crippen LogP contribution < -0.4 is 5.32 Å². The van der Waals surface area contributed by atoms with Crippen molar-refractivity contribution in [1.82, 2.24) is 19.6 Å². The minimum Gasteiger partial charge on any atom is -0.339 e. The van der Waals surface area contributed by atoms with Crippen molar-refractivity contribution >= 4 is 60.7 Å². The zero-order valence-corrected chi connectivity index (χ0v) is 14.2. The van der Waals surface area contributed by atoms with Crippen LogP contribution in [0.25, 0.3) is 5.78 Å². The van der Waals surface area contributed by atoms with Crippen molar-refractivity contribution in [3.05, 3.63) is 44.2 Å². The summed E-state index contributed by atoms with van der Waals surface area (Å²) < 4.78 is 3.52. The quantitative estimate of drug-likeness (QED) is 0.630. The molecule has 0 unspecified atom stereocenters. The van der Waals surface area contributed by atoms with Crippen LogP contribution in [0.3, 0.4) is 0 Å². The summed E-state index contributed by atoms with van der Waals surface area (Å²) in [5.41, 5.74) is 1.69. The Kier molecular flexibility index (Phi) is 3.66. The minimum absolute atomic E-state index is 0.402. The summed E-state index contributed by atoms with van der Waals surface area (Å²) in [7, 11) is 0. The van der Waals surface area contributed by atoms with Gasteiger partial charge in [0.1, 0.15) is 17.3 Å². The van der Waals surface area contributed by atoms with Crippen molar-refractivity contribution in [2.75, 3.05) is 5.32 Å². The van der Waals surface area contributed by atoms with Gasteiger partial charge in [-0.05, 0) is 41.1 Å². The van der Waals surface area contributed by atoms with Crippen LogP contribution in [0.4, 0.5) is 11.5 Å². The lowest BCUT2D eigenvalue weighted by atomic mass is 10.3. The first-order valence-electron chi connectivity index (χ1n) is 5.64. The second kappa shape index (κ2) is 5.31. The fraction of sp³-hybridized carbons (Fsp3) is 0.0833. The summed E-state index contributed by atoms with van der Waals surface area (Å²) in [6.45, 7) is 1.88. The highest BCUT2D eigenvalue weighted by molar-refractivity contribution is 9.11. The highest BCUT2D eigenvalue weighted by Gasteiger charge is 2.13. The fourth-order valence-electron chi connectivity index (χ4n) is 1.77. The van der Waals surface area contributed by atoms with Crippen molar-refractivity contribution in [3.63, 3.8) is 0 Å². The zero-order valence-electron chi connectivity index (χ0n) is 10.2. The monoisotopic (exact) mass is 415 g/mol. The molecule has 0 aliphatic rings. The molecule has 0 saturated carbocycles. The molecule has 1 N–H and O–H groups in total. The number of anilines is 2. The van der Waals surface area contributed by atoms with Crippen molar-refractivity contribution in [1.29, 1.82) is 0 Å². The first kappa shape index (κ1) is 13.8. The van der Waals surface area contributed by atoms with E-state index in [-0.39, 0.29) is 0 Å². The predicted octanol–water partition coefficient (Wildman–Crippen LogP) is 4.35. The molecule has 0 atom stereocenters. The van der Waals surface area contributed by atoms with E-state index < -0.39 is 0 Å². The van der Waals surface area contributed by atoms with Gasteiger partial charge in [-0.1, -0.05) is 27.5 Å². The molecule has 0 aliphatic carbocycles. The molecule has 2 aromatic heterocycles. The zero-order chi connectivity index (χ0) is 14.3. The van der Waals surface area contributed by atoms with Gasteiger partial charge in [0.15, 0.2) is 0 Å². The number of nitrogens with zero attached hydrogens (tertiary/aromatic N) is 4. The third-order valence-corrected chi connectivity index (χ3v) is 4.34. The Morgan fingerprint density at radius 1 is 1.30 bits per heavy atom. The molecule has 2 heterocycles. The largest absolute Gasteiger partial charge is 0.339 e. The summed E-state index contributed by atoms with van der Waals surface area (Å²) >= 11 is 13.1. The molecule has 8 heteroatoms. The lowest BCUT2D eigenvalue weighted by molar-refractivity contribution is 0.936. The normalized spacial score (nSPS) is 11.0. The van der Waals surface area contributed by atoms with Crippen LogP contribution >= 0.6 is 43.5 Å². The number of rotatable bonds is 2. The van der Waals surface area contributed by atoms with Gasteiger partial charge in [0, 0.05) is 14.5 Å². The van der Waals surface area contributed by atoms with E-state index in [0.717, 1.165) is 26.0 Å². The maximum absolute atomic E-state index is 6.13. The van der Waals surface area contributed by atoms with Gasteiger partial charge in [-0.15, -0.1) is 0 Å². The van der Waals surface area contributed by atoms with E-state index in [4.69, 9.17) is 11.6 Å². The van der Waals surface area contributed by atoms with Crippen molar-refractivity contribution in [2.24, 2.45) is 0 Å². The van der Waals surface area contributed by atoms with E-state index >= 15 is 0 Å².